The van der Waals surface area contributed by atoms with Crippen LogP contribution in [0.15, 0.2) is 48.5 Å². The molecule has 0 aliphatic rings. The summed E-state index contributed by atoms with van der Waals surface area (Å²) in [6.07, 6.45) is 1.07. The van der Waals surface area contributed by atoms with Crippen molar-refractivity contribution in [1.29, 1.82) is 5.26 Å². The molecule has 118 valence electrons. The standard InChI is InChI=1S/C16H15N3O3S/c1-23(21,22)19-15-5-3-2-4-14(15)11-18-16(20)13-8-6-12(10-17)7-9-13/h2-9,19H,11H2,1H3,(H,18,20). The number of amides is 1. The van der Waals surface area contributed by atoms with Crippen molar-refractivity contribution in [2.45, 2.75) is 6.54 Å². The number of nitriles is 1. The summed E-state index contributed by atoms with van der Waals surface area (Å²) in [6.45, 7) is 0.178. The molecular weight excluding hydrogens is 314 g/mol. The van der Waals surface area contributed by atoms with Crippen LogP contribution in [-0.4, -0.2) is 20.6 Å². The minimum Gasteiger partial charge on any atom is -0.348 e. The van der Waals surface area contributed by atoms with E-state index in [1.54, 1.807) is 48.5 Å². The monoisotopic (exact) mass is 329 g/mol. The van der Waals surface area contributed by atoms with Gasteiger partial charge in [0.25, 0.3) is 5.91 Å². The molecule has 0 saturated heterocycles. The molecule has 2 rings (SSSR count). The van der Waals surface area contributed by atoms with E-state index in [4.69, 9.17) is 5.26 Å². The Kier molecular flexibility index (Phi) is 4.98. The predicted octanol–water partition coefficient (Wildman–Crippen LogP) is 1.86. The third-order valence-corrected chi connectivity index (χ3v) is 3.62. The first-order valence-electron chi connectivity index (χ1n) is 6.73. The Morgan fingerprint density at radius 3 is 2.39 bits per heavy atom. The van der Waals surface area contributed by atoms with Gasteiger partial charge in [-0.25, -0.2) is 8.42 Å². The van der Waals surface area contributed by atoms with Crippen LogP contribution in [0.2, 0.25) is 0 Å². The summed E-state index contributed by atoms with van der Waals surface area (Å²) in [6, 6.07) is 15.1. The maximum Gasteiger partial charge on any atom is 0.251 e. The van der Waals surface area contributed by atoms with Gasteiger partial charge in [0, 0.05) is 12.1 Å². The highest BCUT2D eigenvalue weighted by Gasteiger charge is 2.09. The van der Waals surface area contributed by atoms with E-state index in [2.05, 4.69) is 10.0 Å². The Morgan fingerprint density at radius 1 is 1.13 bits per heavy atom. The normalized spacial score (nSPS) is 10.6. The predicted molar refractivity (Wildman–Crippen MR) is 87.2 cm³/mol. The van der Waals surface area contributed by atoms with Crippen molar-refractivity contribution >= 4 is 21.6 Å². The third-order valence-electron chi connectivity index (χ3n) is 3.03. The number of anilines is 1. The molecule has 2 N–H and O–H groups in total. The van der Waals surface area contributed by atoms with Gasteiger partial charge in [-0.15, -0.1) is 0 Å². The van der Waals surface area contributed by atoms with Gasteiger partial charge in [-0.05, 0) is 35.9 Å². The van der Waals surface area contributed by atoms with Crippen molar-refractivity contribution in [3.63, 3.8) is 0 Å². The quantitative estimate of drug-likeness (QED) is 0.874. The first-order chi connectivity index (χ1) is 10.9. The summed E-state index contributed by atoms with van der Waals surface area (Å²) < 4.78 is 25.1. The minimum atomic E-state index is -3.39. The van der Waals surface area contributed by atoms with Crippen LogP contribution in [0.3, 0.4) is 0 Å². The van der Waals surface area contributed by atoms with Gasteiger partial charge in [0.1, 0.15) is 0 Å². The number of nitrogens with zero attached hydrogens (tertiary/aromatic N) is 1. The van der Waals surface area contributed by atoms with Crippen molar-refractivity contribution < 1.29 is 13.2 Å². The number of carbonyl (C=O) groups is 1. The smallest absolute Gasteiger partial charge is 0.251 e. The summed E-state index contributed by atoms with van der Waals surface area (Å²) in [7, 11) is -3.39. The van der Waals surface area contributed by atoms with Crippen molar-refractivity contribution in [3.8, 4) is 6.07 Å². The van der Waals surface area contributed by atoms with Crippen LogP contribution in [0, 0.1) is 11.3 Å². The molecule has 0 bridgehead atoms. The fraction of sp³-hybridized carbons (Fsp3) is 0.125. The van der Waals surface area contributed by atoms with E-state index >= 15 is 0 Å². The lowest BCUT2D eigenvalue weighted by molar-refractivity contribution is 0.0951. The highest BCUT2D eigenvalue weighted by molar-refractivity contribution is 7.92. The van der Waals surface area contributed by atoms with E-state index in [0.29, 0.717) is 22.4 Å². The van der Waals surface area contributed by atoms with Crippen LogP contribution in [0.25, 0.3) is 0 Å². The molecule has 0 unspecified atom stereocenters. The van der Waals surface area contributed by atoms with E-state index in [1.807, 2.05) is 6.07 Å². The van der Waals surface area contributed by atoms with Gasteiger partial charge in [0.2, 0.25) is 10.0 Å². The molecule has 2 aromatic carbocycles. The Balaban J connectivity index is 2.08. The second-order valence-corrected chi connectivity index (χ2v) is 6.65. The van der Waals surface area contributed by atoms with Crippen LogP contribution in [-0.2, 0) is 16.6 Å². The number of carbonyl (C=O) groups excluding carboxylic acids is 1. The van der Waals surface area contributed by atoms with Gasteiger partial charge in [0.15, 0.2) is 0 Å². The fourth-order valence-electron chi connectivity index (χ4n) is 1.95. The first kappa shape index (κ1) is 16.5. The maximum absolute atomic E-state index is 12.1. The summed E-state index contributed by atoms with van der Waals surface area (Å²) in [5.41, 5.74) is 1.98. The van der Waals surface area contributed by atoms with Crippen LogP contribution >= 0.6 is 0 Å². The van der Waals surface area contributed by atoms with Gasteiger partial charge >= 0.3 is 0 Å². The Morgan fingerprint density at radius 2 is 1.78 bits per heavy atom. The first-order valence-corrected chi connectivity index (χ1v) is 8.62. The largest absolute Gasteiger partial charge is 0.348 e. The lowest BCUT2D eigenvalue weighted by atomic mass is 10.1. The lowest BCUT2D eigenvalue weighted by Crippen LogP contribution is -2.23. The topological polar surface area (TPSA) is 99.1 Å². The van der Waals surface area contributed by atoms with E-state index < -0.39 is 10.0 Å². The molecule has 0 fully saturated rings. The molecular formula is C16H15N3O3S. The lowest BCUT2D eigenvalue weighted by Gasteiger charge is -2.11. The van der Waals surface area contributed by atoms with Crippen LogP contribution in [0.1, 0.15) is 21.5 Å². The second-order valence-electron chi connectivity index (χ2n) is 4.90. The average Bonchev–Trinajstić information content (AvgIpc) is 2.52. The molecule has 2 aromatic rings. The maximum atomic E-state index is 12.1. The molecule has 1 amide bonds. The molecule has 0 aliphatic heterocycles. The van der Waals surface area contributed by atoms with Crippen LogP contribution in [0.5, 0.6) is 0 Å². The molecule has 0 saturated carbocycles. The molecule has 0 spiro atoms. The Labute approximate surface area is 134 Å². The third kappa shape index (κ3) is 4.83. The summed E-state index contributed by atoms with van der Waals surface area (Å²) >= 11 is 0. The van der Waals surface area contributed by atoms with Crippen molar-refractivity contribution in [3.05, 3.63) is 65.2 Å². The number of para-hydroxylation sites is 1. The summed E-state index contributed by atoms with van der Waals surface area (Å²) in [4.78, 5) is 12.1. The highest BCUT2D eigenvalue weighted by Crippen LogP contribution is 2.16. The molecule has 23 heavy (non-hydrogen) atoms. The molecule has 7 heteroatoms. The zero-order chi connectivity index (χ0) is 16.9. The number of rotatable bonds is 5. The minimum absolute atomic E-state index is 0.178. The number of nitrogens with one attached hydrogen (secondary N) is 2. The summed E-state index contributed by atoms with van der Waals surface area (Å²) in [5.74, 6) is -0.302. The zero-order valence-electron chi connectivity index (χ0n) is 12.4. The number of benzene rings is 2. The summed E-state index contributed by atoms with van der Waals surface area (Å²) in [5, 5.41) is 11.5. The molecule has 0 aliphatic carbocycles. The molecule has 0 heterocycles. The van der Waals surface area contributed by atoms with Crippen LogP contribution in [0.4, 0.5) is 5.69 Å². The van der Waals surface area contributed by atoms with E-state index in [9.17, 15) is 13.2 Å². The Bertz CT molecular complexity index is 853. The zero-order valence-corrected chi connectivity index (χ0v) is 13.2. The second kappa shape index (κ2) is 6.94. The van der Waals surface area contributed by atoms with Crippen molar-refractivity contribution in [2.75, 3.05) is 11.0 Å². The van der Waals surface area contributed by atoms with E-state index in [-0.39, 0.29) is 12.5 Å². The number of sulfonamides is 1. The van der Waals surface area contributed by atoms with Gasteiger partial charge in [-0.1, -0.05) is 18.2 Å². The van der Waals surface area contributed by atoms with Gasteiger partial charge in [-0.3, -0.25) is 9.52 Å². The fourth-order valence-corrected chi connectivity index (χ4v) is 2.55. The molecule has 0 radical (unpaired) electrons. The van der Waals surface area contributed by atoms with Gasteiger partial charge in [0.05, 0.1) is 23.6 Å². The van der Waals surface area contributed by atoms with E-state index in [0.717, 1.165) is 6.26 Å². The van der Waals surface area contributed by atoms with E-state index in [1.165, 1.54) is 0 Å². The highest BCUT2D eigenvalue weighted by atomic mass is 32.2. The van der Waals surface area contributed by atoms with Crippen molar-refractivity contribution in [2.24, 2.45) is 0 Å². The number of hydrogen-bond acceptors (Lipinski definition) is 4. The molecule has 0 aromatic heterocycles. The van der Waals surface area contributed by atoms with Gasteiger partial charge in [-0.2, -0.15) is 5.26 Å². The molecule has 0 atom stereocenters. The van der Waals surface area contributed by atoms with Crippen molar-refractivity contribution in [1.82, 2.24) is 5.32 Å². The van der Waals surface area contributed by atoms with Gasteiger partial charge < -0.3 is 5.32 Å². The molecule has 6 nitrogen and oxygen atoms in total. The number of hydrogen-bond donors (Lipinski definition) is 2. The van der Waals surface area contributed by atoms with Crippen LogP contribution < -0.4 is 10.0 Å². The Hall–Kier alpha value is -2.85. The SMILES string of the molecule is CS(=O)(=O)Nc1ccccc1CNC(=O)c1ccc(C#N)cc1. The average molecular weight is 329 g/mol.